The van der Waals surface area contributed by atoms with Gasteiger partial charge in [0.2, 0.25) is 5.82 Å². The van der Waals surface area contributed by atoms with Gasteiger partial charge in [0.25, 0.3) is 5.91 Å². The average molecular weight is 781 g/mol. The normalized spacial score (nSPS) is 18.8. The number of ether oxygens (including phenoxy) is 2. The van der Waals surface area contributed by atoms with Gasteiger partial charge in [-0.15, -0.1) is 0 Å². The van der Waals surface area contributed by atoms with Crippen molar-refractivity contribution in [2.24, 2.45) is 5.92 Å². The van der Waals surface area contributed by atoms with Crippen molar-refractivity contribution in [3.63, 3.8) is 0 Å². The highest BCUT2D eigenvalue weighted by atomic mass is 19.2. The number of halogens is 5. The second-order valence-corrected chi connectivity index (χ2v) is 14.5. The number of aliphatic hydroxyl groups is 1. The molecule has 57 heavy (non-hydrogen) atoms. The van der Waals surface area contributed by atoms with Crippen molar-refractivity contribution in [3.8, 4) is 11.1 Å². The molecule has 5 atom stereocenters. The van der Waals surface area contributed by atoms with Crippen molar-refractivity contribution in [3.05, 3.63) is 178 Å². The van der Waals surface area contributed by atoms with Crippen LogP contribution in [0.1, 0.15) is 70.5 Å². The minimum Gasteiger partial charge on any atom is -0.392 e. The van der Waals surface area contributed by atoms with Crippen LogP contribution in [0.15, 0.2) is 115 Å². The van der Waals surface area contributed by atoms with E-state index in [9.17, 15) is 31.9 Å². The molecule has 0 unspecified atom stereocenters. The van der Waals surface area contributed by atoms with Gasteiger partial charge in [-0.3, -0.25) is 9.69 Å². The molecule has 2 N–H and O–H groups in total. The fraction of sp³-hybridized carbons (Fsp3) is 0.239. The van der Waals surface area contributed by atoms with Crippen molar-refractivity contribution in [2.75, 3.05) is 13.6 Å². The predicted octanol–water partition coefficient (Wildman–Crippen LogP) is 10.1. The maximum absolute atomic E-state index is 14.3. The Morgan fingerprint density at radius 1 is 0.719 bits per heavy atom. The topological polar surface area (TPSA) is 71.0 Å². The van der Waals surface area contributed by atoms with Crippen molar-refractivity contribution >= 4 is 16.7 Å². The minimum atomic E-state index is -2.34. The van der Waals surface area contributed by atoms with Gasteiger partial charge in [-0.2, -0.15) is 0 Å². The van der Waals surface area contributed by atoms with Crippen LogP contribution in [-0.4, -0.2) is 35.6 Å². The largest absolute Gasteiger partial charge is 0.392 e. The average Bonchev–Trinajstić information content (AvgIpc) is 3.24. The molecule has 1 amide bonds. The zero-order chi connectivity index (χ0) is 40.4. The van der Waals surface area contributed by atoms with Crippen LogP contribution in [-0.2, 0) is 22.6 Å². The number of hydrogen-bond donors (Lipinski definition) is 2. The number of carbonyl (C=O) groups excluding carboxylic acids is 1. The summed E-state index contributed by atoms with van der Waals surface area (Å²) in [4.78, 5) is 14.9. The number of amides is 1. The summed E-state index contributed by atoms with van der Waals surface area (Å²) >= 11 is 0. The molecule has 7 rings (SSSR count). The molecular weight excluding hydrogens is 740 g/mol. The quantitative estimate of drug-likeness (QED) is 0.0779. The van der Waals surface area contributed by atoms with E-state index in [1.807, 2.05) is 66.7 Å². The molecule has 6 nitrogen and oxygen atoms in total. The molecule has 11 heteroatoms. The summed E-state index contributed by atoms with van der Waals surface area (Å²) in [6.07, 6.45) is -1.33. The minimum absolute atomic E-state index is 0.0487. The Morgan fingerprint density at radius 3 is 2.07 bits per heavy atom. The second kappa shape index (κ2) is 17.0. The van der Waals surface area contributed by atoms with Gasteiger partial charge in [-0.1, -0.05) is 104 Å². The Morgan fingerprint density at radius 2 is 1.37 bits per heavy atom. The van der Waals surface area contributed by atoms with Crippen LogP contribution in [0, 0.1) is 35.0 Å². The van der Waals surface area contributed by atoms with E-state index in [-0.39, 0.29) is 37.3 Å². The first-order valence-corrected chi connectivity index (χ1v) is 18.6. The first-order chi connectivity index (χ1) is 27.4. The molecule has 0 bridgehead atoms. The van der Waals surface area contributed by atoms with Crippen LogP contribution in [0.2, 0.25) is 0 Å². The molecule has 0 aromatic heterocycles. The Kier molecular flexibility index (Phi) is 11.8. The van der Waals surface area contributed by atoms with E-state index < -0.39 is 46.8 Å². The van der Waals surface area contributed by atoms with E-state index in [0.29, 0.717) is 12.1 Å². The molecule has 1 fully saturated rings. The molecule has 1 heterocycles. The summed E-state index contributed by atoms with van der Waals surface area (Å²) in [5, 5.41) is 14.3. The van der Waals surface area contributed by atoms with Crippen molar-refractivity contribution in [1.82, 2.24) is 10.2 Å². The molecule has 294 valence electrons. The molecule has 0 aliphatic carbocycles. The van der Waals surface area contributed by atoms with E-state index in [0.717, 1.165) is 27.8 Å². The maximum atomic E-state index is 14.3. The van der Waals surface area contributed by atoms with Gasteiger partial charge >= 0.3 is 0 Å². The highest BCUT2D eigenvalue weighted by Crippen LogP contribution is 2.43. The first-order valence-electron chi connectivity index (χ1n) is 18.6. The molecule has 0 radical (unpaired) electrons. The van der Waals surface area contributed by atoms with E-state index in [4.69, 9.17) is 9.47 Å². The Balaban J connectivity index is 1.12. The molecule has 0 spiro atoms. The zero-order valence-corrected chi connectivity index (χ0v) is 31.5. The number of rotatable bonds is 11. The van der Waals surface area contributed by atoms with Crippen LogP contribution in [0.4, 0.5) is 22.0 Å². The lowest BCUT2D eigenvalue weighted by Crippen LogP contribution is -2.44. The highest BCUT2D eigenvalue weighted by Gasteiger charge is 2.39. The number of hydrogen-bond acceptors (Lipinski definition) is 5. The van der Waals surface area contributed by atoms with E-state index >= 15 is 0 Å². The lowest BCUT2D eigenvalue weighted by atomic mass is 9.89. The molecule has 0 saturated carbocycles. The third kappa shape index (κ3) is 8.33. The summed E-state index contributed by atoms with van der Waals surface area (Å²) in [6.45, 7) is 4.59. The van der Waals surface area contributed by atoms with Crippen LogP contribution < -0.4 is 5.32 Å². The molecule has 6 aromatic rings. The third-order valence-electron chi connectivity index (χ3n) is 10.8. The molecule has 1 aliphatic heterocycles. The Labute approximate surface area is 327 Å². The third-order valence-corrected chi connectivity index (χ3v) is 10.8. The number of fused-ring (bicyclic) bond motifs is 1. The van der Waals surface area contributed by atoms with Gasteiger partial charge in [0.1, 0.15) is 5.56 Å². The van der Waals surface area contributed by atoms with Crippen LogP contribution >= 0.6 is 0 Å². The smallest absolute Gasteiger partial charge is 0.257 e. The van der Waals surface area contributed by atoms with Crippen LogP contribution in [0.25, 0.3) is 21.9 Å². The van der Waals surface area contributed by atoms with Crippen LogP contribution in [0.3, 0.4) is 0 Å². The van der Waals surface area contributed by atoms with Gasteiger partial charge in [-0.05, 0) is 76.3 Å². The van der Waals surface area contributed by atoms with Crippen molar-refractivity contribution in [2.45, 2.75) is 51.5 Å². The molecule has 1 aliphatic rings. The SMILES string of the molecule is C[C@@H]1[C@H](CN(C)[C@H](C)c2ccc3ccccc3c2)O[C@H](c2cccc(-c3cccc(CNC(=O)c4c(F)c(F)c(F)c(F)c4F)c3)c2)O[C@@H]1c1ccc(CO)cc1. The second-order valence-electron chi connectivity index (χ2n) is 14.5. The molecule has 6 aromatic carbocycles. The standard InChI is InChI=1S/C46H41F5N2O4/c1-26-37(24-53(3)27(2)32-19-18-30-9-4-5-10-34(30)21-32)56-46(57-44(26)31-16-14-28(25-54)15-17-31)36-13-7-12-35(22-36)33-11-6-8-29(20-33)23-52-45(55)38-39(47)41(49)43(51)42(50)40(38)48/h4-22,26-27,37,44,46,54H,23-25H2,1-3H3,(H,52,55)/t26-,27-,37+,44+,46+/m1/s1. The number of carbonyl (C=O) groups is 1. The first kappa shape index (κ1) is 39.8. The monoisotopic (exact) mass is 780 g/mol. The number of nitrogens with one attached hydrogen (secondary N) is 1. The van der Waals surface area contributed by atoms with Gasteiger partial charge in [0.15, 0.2) is 29.6 Å². The van der Waals surface area contributed by atoms with Gasteiger partial charge in [0.05, 0.1) is 18.8 Å². The van der Waals surface area contributed by atoms with Gasteiger partial charge in [0, 0.05) is 30.6 Å². The van der Waals surface area contributed by atoms with Crippen LogP contribution in [0.5, 0.6) is 0 Å². The lowest BCUT2D eigenvalue weighted by Gasteiger charge is -2.43. The number of nitrogens with zero attached hydrogens (tertiary/aromatic N) is 1. The van der Waals surface area contributed by atoms with Gasteiger partial charge in [-0.25, -0.2) is 22.0 Å². The highest BCUT2D eigenvalue weighted by molar-refractivity contribution is 5.94. The Bertz CT molecular complexity index is 2380. The number of benzene rings is 6. The molecule has 1 saturated heterocycles. The van der Waals surface area contributed by atoms with Gasteiger partial charge < -0.3 is 19.9 Å². The number of aliphatic hydroxyl groups excluding tert-OH is 1. The van der Waals surface area contributed by atoms with Crippen molar-refractivity contribution < 1.29 is 41.3 Å². The summed E-state index contributed by atoms with van der Waals surface area (Å²) in [5.74, 6) is -12.6. The van der Waals surface area contributed by atoms with E-state index in [2.05, 4.69) is 61.4 Å². The fourth-order valence-electron chi connectivity index (χ4n) is 7.29. The summed E-state index contributed by atoms with van der Waals surface area (Å²) < 4.78 is 83.0. The zero-order valence-electron chi connectivity index (χ0n) is 31.5. The summed E-state index contributed by atoms with van der Waals surface area (Å²) in [5.41, 5.74) is 4.20. The maximum Gasteiger partial charge on any atom is 0.257 e. The lowest BCUT2D eigenvalue weighted by molar-refractivity contribution is -0.276. The summed E-state index contributed by atoms with van der Waals surface area (Å²) in [6, 6.07) is 37.2. The Hall–Kier alpha value is -5.46. The predicted molar refractivity (Wildman–Crippen MR) is 207 cm³/mol. The number of likely N-dealkylation sites (N-methyl/N-ethyl adjacent to an activating group) is 1. The van der Waals surface area contributed by atoms with E-state index in [1.54, 1.807) is 18.2 Å². The van der Waals surface area contributed by atoms with E-state index in [1.165, 1.54) is 16.3 Å². The van der Waals surface area contributed by atoms with Crippen molar-refractivity contribution in [1.29, 1.82) is 0 Å². The summed E-state index contributed by atoms with van der Waals surface area (Å²) in [7, 11) is 2.09. The molecular formula is C46H41F5N2O4. The fourth-order valence-corrected chi connectivity index (χ4v) is 7.29.